The lowest BCUT2D eigenvalue weighted by Crippen LogP contribution is -2.06. The molecule has 0 aliphatic rings. The van der Waals surface area contributed by atoms with E-state index >= 15 is 0 Å². The Balaban J connectivity index is 2.89. The van der Waals surface area contributed by atoms with Crippen LogP contribution in [0.5, 0.6) is 0 Å². The third-order valence-corrected chi connectivity index (χ3v) is 2.14. The van der Waals surface area contributed by atoms with Crippen molar-refractivity contribution in [2.75, 3.05) is 0 Å². The van der Waals surface area contributed by atoms with Crippen LogP contribution in [0.4, 0.5) is 0 Å². The van der Waals surface area contributed by atoms with Crippen molar-refractivity contribution in [3.05, 3.63) is 36.0 Å². The van der Waals surface area contributed by atoms with Crippen LogP contribution >= 0.6 is 0 Å². The van der Waals surface area contributed by atoms with Gasteiger partial charge in [0, 0.05) is 12.3 Å². The molecule has 14 heavy (non-hydrogen) atoms. The Labute approximate surface area is 81.2 Å². The molecule has 0 spiro atoms. The maximum absolute atomic E-state index is 11.3. The normalized spacial score (nSPS) is 10.0. The monoisotopic (exact) mass is 184 g/mol. The fourth-order valence-electron chi connectivity index (χ4n) is 1.58. The van der Waals surface area contributed by atoms with Crippen molar-refractivity contribution in [2.24, 2.45) is 0 Å². The zero-order valence-electron chi connectivity index (χ0n) is 7.69. The molecule has 3 heteroatoms. The number of carbonyl (C=O) groups excluding carboxylic acids is 1. The van der Waals surface area contributed by atoms with E-state index in [0.29, 0.717) is 5.69 Å². The first-order valence-electron chi connectivity index (χ1n) is 4.25. The molecule has 1 aromatic carbocycles. The molecule has 0 aliphatic carbocycles. The Morgan fingerprint density at radius 2 is 2.14 bits per heavy atom. The highest BCUT2D eigenvalue weighted by molar-refractivity contribution is 5.93. The van der Waals surface area contributed by atoms with E-state index in [-0.39, 0.29) is 5.91 Å². The minimum atomic E-state index is -0.136. The number of nitriles is 1. The first-order chi connectivity index (χ1) is 6.74. The van der Waals surface area contributed by atoms with Gasteiger partial charge in [0.25, 0.3) is 0 Å². The van der Waals surface area contributed by atoms with Crippen LogP contribution in [0.3, 0.4) is 0 Å². The number of carbonyl (C=O) groups is 1. The van der Waals surface area contributed by atoms with Crippen LogP contribution in [-0.4, -0.2) is 10.5 Å². The summed E-state index contributed by atoms with van der Waals surface area (Å²) in [4.78, 5) is 11.3. The van der Waals surface area contributed by atoms with Gasteiger partial charge in [0.15, 0.2) is 0 Å². The third-order valence-electron chi connectivity index (χ3n) is 2.14. The molecule has 1 heterocycles. The summed E-state index contributed by atoms with van der Waals surface area (Å²) in [5.74, 6) is -0.136. The van der Waals surface area contributed by atoms with E-state index < -0.39 is 0 Å². The maximum atomic E-state index is 11.3. The first kappa shape index (κ1) is 8.52. The van der Waals surface area contributed by atoms with Gasteiger partial charge in [0.1, 0.15) is 11.8 Å². The van der Waals surface area contributed by atoms with E-state index in [1.807, 2.05) is 30.3 Å². The van der Waals surface area contributed by atoms with Crippen LogP contribution in [0, 0.1) is 11.3 Å². The van der Waals surface area contributed by atoms with Crippen LogP contribution < -0.4 is 0 Å². The molecular formula is C11H8N2O. The van der Waals surface area contributed by atoms with Gasteiger partial charge in [-0.05, 0) is 12.1 Å². The fourth-order valence-corrected chi connectivity index (χ4v) is 1.58. The summed E-state index contributed by atoms with van der Waals surface area (Å²) < 4.78 is 1.43. The minimum Gasteiger partial charge on any atom is -0.274 e. The summed E-state index contributed by atoms with van der Waals surface area (Å²) >= 11 is 0. The number of hydrogen-bond acceptors (Lipinski definition) is 2. The number of rotatable bonds is 0. The van der Waals surface area contributed by atoms with Gasteiger partial charge < -0.3 is 0 Å². The summed E-state index contributed by atoms with van der Waals surface area (Å²) in [6.07, 6.45) is 0. The van der Waals surface area contributed by atoms with E-state index in [2.05, 4.69) is 0 Å². The summed E-state index contributed by atoms with van der Waals surface area (Å²) in [5.41, 5.74) is 1.18. The van der Waals surface area contributed by atoms with Crippen molar-refractivity contribution in [3.8, 4) is 6.07 Å². The molecule has 0 fully saturated rings. The van der Waals surface area contributed by atoms with E-state index in [9.17, 15) is 4.79 Å². The molecule has 0 radical (unpaired) electrons. The van der Waals surface area contributed by atoms with Gasteiger partial charge in [-0.25, -0.2) is 0 Å². The average molecular weight is 184 g/mol. The zero-order chi connectivity index (χ0) is 10.1. The predicted octanol–water partition coefficient (Wildman–Crippen LogP) is 2.17. The van der Waals surface area contributed by atoms with Crippen LogP contribution in [0.1, 0.15) is 17.4 Å². The van der Waals surface area contributed by atoms with Crippen molar-refractivity contribution in [1.29, 1.82) is 5.26 Å². The maximum Gasteiger partial charge on any atom is 0.229 e. The van der Waals surface area contributed by atoms with E-state index in [0.717, 1.165) is 10.9 Å². The second-order valence-corrected chi connectivity index (χ2v) is 3.05. The van der Waals surface area contributed by atoms with Gasteiger partial charge in [-0.15, -0.1) is 0 Å². The minimum absolute atomic E-state index is 0.136. The number of para-hydroxylation sites is 1. The van der Waals surface area contributed by atoms with E-state index in [1.165, 1.54) is 11.5 Å². The lowest BCUT2D eigenvalue weighted by Gasteiger charge is -1.99. The summed E-state index contributed by atoms with van der Waals surface area (Å²) in [5, 5.41) is 9.76. The summed E-state index contributed by atoms with van der Waals surface area (Å²) in [6.45, 7) is 1.45. The van der Waals surface area contributed by atoms with Crippen LogP contribution in [0.25, 0.3) is 10.9 Å². The Morgan fingerprint density at radius 1 is 1.43 bits per heavy atom. The number of fused-ring (bicyclic) bond motifs is 1. The fraction of sp³-hybridized carbons (Fsp3) is 0.0909. The topological polar surface area (TPSA) is 45.8 Å². The number of nitrogens with zero attached hydrogens (tertiary/aromatic N) is 2. The van der Waals surface area contributed by atoms with Crippen LogP contribution in [0.2, 0.25) is 0 Å². The lowest BCUT2D eigenvalue weighted by atomic mass is 10.2. The molecule has 0 aliphatic heterocycles. The second kappa shape index (κ2) is 3.00. The van der Waals surface area contributed by atoms with Crippen molar-refractivity contribution < 1.29 is 4.79 Å². The van der Waals surface area contributed by atoms with Gasteiger partial charge in [-0.2, -0.15) is 5.26 Å². The quantitative estimate of drug-likeness (QED) is 0.629. The molecule has 0 saturated heterocycles. The largest absolute Gasteiger partial charge is 0.274 e. The average Bonchev–Trinajstić information content (AvgIpc) is 2.55. The van der Waals surface area contributed by atoms with Crippen LogP contribution in [0.15, 0.2) is 30.3 Å². The number of benzene rings is 1. The van der Waals surface area contributed by atoms with Crippen molar-refractivity contribution >= 4 is 16.8 Å². The first-order valence-corrected chi connectivity index (χ1v) is 4.25. The van der Waals surface area contributed by atoms with Gasteiger partial charge in [0.05, 0.1) is 5.52 Å². The molecule has 0 N–H and O–H groups in total. The Morgan fingerprint density at radius 3 is 2.79 bits per heavy atom. The molecule has 0 saturated carbocycles. The zero-order valence-corrected chi connectivity index (χ0v) is 7.69. The number of hydrogen-bond donors (Lipinski definition) is 0. The Bertz CT molecular complexity index is 546. The standard InChI is InChI=1S/C11H8N2O/c1-8(14)13-10(7-12)6-9-4-2-3-5-11(9)13/h2-6H,1H3. The third kappa shape index (κ3) is 1.09. The van der Waals surface area contributed by atoms with Gasteiger partial charge in [0.2, 0.25) is 5.91 Å². The summed E-state index contributed by atoms with van der Waals surface area (Å²) in [7, 11) is 0. The van der Waals surface area contributed by atoms with E-state index in [4.69, 9.17) is 5.26 Å². The highest BCUT2D eigenvalue weighted by Crippen LogP contribution is 2.18. The SMILES string of the molecule is CC(=O)n1c(C#N)cc2ccccc21. The predicted molar refractivity (Wildman–Crippen MR) is 53.0 cm³/mol. The second-order valence-electron chi connectivity index (χ2n) is 3.05. The molecule has 0 bridgehead atoms. The lowest BCUT2D eigenvalue weighted by molar-refractivity contribution is 0.0941. The van der Waals surface area contributed by atoms with Gasteiger partial charge >= 0.3 is 0 Å². The molecule has 0 atom stereocenters. The van der Waals surface area contributed by atoms with Crippen molar-refractivity contribution in [2.45, 2.75) is 6.92 Å². The molecule has 1 aromatic heterocycles. The highest BCUT2D eigenvalue weighted by atomic mass is 16.1. The molecule has 3 nitrogen and oxygen atoms in total. The highest BCUT2D eigenvalue weighted by Gasteiger charge is 2.10. The molecule has 68 valence electrons. The van der Waals surface area contributed by atoms with E-state index in [1.54, 1.807) is 6.07 Å². The van der Waals surface area contributed by atoms with Crippen LogP contribution in [-0.2, 0) is 0 Å². The molecule has 0 amide bonds. The molecular weight excluding hydrogens is 176 g/mol. The Kier molecular flexibility index (Phi) is 1.83. The smallest absolute Gasteiger partial charge is 0.229 e. The van der Waals surface area contributed by atoms with Crippen molar-refractivity contribution in [3.63, 3.8) is 0 Å². The van der Waals surface area contributed by atoms with Crippen molar-refractivity contribution in [1.82, 2.24) is 4.57 Å². The van der Waals surface area contributed by atoms with Gasteiger partial charge in [-0.1, -0.05) is 18.2 Å². The van der Waals surface area contributed by atoms with Gasteiger partial charge in [-0.3, -0.25) is 9.36 Å². The molecule has 2 rings (SSSR count). The molecule has 0 unspecified atom stereocenters. The Hall–Kier alpha value is -2.08. The molecule has 2 aromatic rings. The summed E-state index contributed by atoms with van der Waals surface area (Å²) in [6, 6.07) is 11.2. The number of aromatic nitrogens is 1.